The van der Waals surface area contributed by atoms with Gasteiger partial charge in [-0.25, -0.2) is 8.42 Å². The molecule has 0 atom stereocenters. The first-order chi connectivity index (χ1) is 11.8. The maximum atomic E-state index is 13.2. The number of sulfonamides is 1. The fraction of sp³-hybridized carbons (Fsp3) is 0.316. The van der Waals surface area contributed by atoms with Gasteiger partial charge >= 0.3 is 0 Å². The fourth-order valence-corrected chi connectivity index (χ4v) is 4.70. The molecule has 0 fully saturated rings. The topological polar surface area (TPSA) is 57.7 Å². The van der Waals surface area contributed by atoms with E-state index in [2.05, 4.69) is 0 Å². The summed E-state index contributed by atoms with van der Waals surface area (Å²) in [6.07, 6.45) is 1.66. The second-order valence-electron chi connectivity index (χ2n) is 6.54. The van der Waals surface area contributed by atoms with E-state index in [-0.39, 0.29) is 10.8 Å². The van der Waals surface area contributed by atoms with Gasteiger partial charge in [0.15, 0.2) is 0 Å². The molecule has 1 amide bonds. The van der Waals surface area contributed by atoms with E-state index >= 15 is 0 Å². The molecule has 6 heteroatoms. The van der Waals surface area contributed by atoms with Crippen molar-refractivity contribution in [3.63, 3.8) is 0 Å². The SMILES string of the molecule is Cc1ccc2c(c1)CCCN2S(=O)(=O)c1cccc(C(=O)N(C)C)c1. The van der Waals surface area contributed by atoms with Crippen LogP contribution < -0.4 is 4.31 Å². The average molecular weight is 358 g/mol. The largest absolute Gasteiger partial charge is 0.345 e. The zero-order valence-corrected chi connectivity index (χ0v) is 15.5. The molecule has 0 N–H and O–H groups in total. The van der Waals surface area contributed by atoms with Crippen LogP contribution in [0.15, 0.2) is 47.4 Å². The van der Waals surface area contributed by atoms with Crippen molar-refractivity contribution in [2.24, 2.45) is 0 Å². The number of carbonyl (C=O) groups excluding carboxylic acids is 1. The van der Waals surface area contributed by atoms with Gasteiger partial charge in [0, 0.05) is 26.2 Å². The summed E-state index contributed by atoms with van der Waals surface area (Å²) in [5.41, 5.74) is 3.28. The van der Waals surface area contributed by atoms with Crippen molar-refractivity contribution in [2.45, 2.75) is 24.7 Å². The number of anilines is 1. The molecule has 2 aromatic carbocycles. The summed E-state index contributed by atoms with van der Waals surface area (Å²) < 4.78 is 27.8. The molecule has 3 rings (SSSR count). The van der Waals surface area contributed by atoms with Crippen LogP contribution in [0.1, 0.15) is 27.9 Å². The number of hydrogen-bond acceptors (Lipinski definition) is 3. The number of benzene rings is 2. The van der Waals surface area contributed by atoms with Crippen molar-refractivity contribution in [2.75, 3.05) is 24.9 Å². The van der Waals surface area contributed by atoms with Gasteiger partial charge in [0.25, 0.3) is 15.9 Å². The highest BCUT2D eigenvalue weighted by Gasteiger charge is 2.29. The molecule has 1 heterocycles. The molecule has 1 aliphatic rings. The highest BCUT2D eigenvalue weighted by Crippen LogP contribution is 2.32. The molecule has 2 aromatic rings. The van der Waals surface area contributed by atoms with Crippen molar-refractivity contribution >= 4 is 21.6 Å². The lowest BCUT2D eigenvalue weighted by molar-refractivity contribution is 0.0827. The van der Waals surface area contributed by atoms with E-state index in [9.17, 15) is 13.2 Å². The Morgan fingerprint density at radius 1 is 1.12 bits per heavy atom. The van der Waals surface area contributed by atoms with Crippen LogP contribution in [0, 0.1) is 6.92 Å². The summed E-state index contributed by atoms with van der Waals surface area (Å²) in [6.45, 7) is 2.45. The standard InChI is InChI=1S/C19H22N2O3S/c1-14-9-10-18-15(12-14)7-5-11-21(18)25(23,24)17-8-4-6-16(13-17)19(22)20(2)3/h4,6,8-10,12-13H,5,7,11H2,1-3H3. The summed E-state index contributed by atoms with van der Waals surface area (Å²) in [4.78, 5) is 13.7. The van der Waals surface area contributed by atoms with Crippen molar-refractivity contribution in [3.05, 3.63) is 59.2 Å². The van der Waals surface area contributed by atoms with E-state index in [1.165, 1.54) is 15.3 Å². The van der Waals surface area contributed by atoms with Gasteiger partial charge in [0.2, 0.25) is 0 Å². The summed E-state index contributed by atoms with van der Waals surface area (Å²) in [5, 5.41) is 0. The minimum atomic E-state index is -3.71. The van der Waals surface area contributed by atoms with Gasteiger partial charge in [0.1, 0.15) is 0 Å². The average Bonchev–Trinajstić information content (AvgIpc) is 2.60. The molecule has 0 bridgehead atoms. The summed E-state index contributed by atoms with van der Waals surface area (Å²) in [7, 11) is -0.416. The molecular weight excluding hydrogens is 336 g/mol. The molecular formula is C19H22N2O3S. The molecule has 5 nitrogen and oxygen atoms in total. The van der Waals surface area contributed by atoms with Crippen LogP contribution in [0.2, 0.25) is 0 Å². The molecule has 0 aliphatic carbocycles. The summed E-state index contributed by atoms with van der Waals surface area (Å²) >= 11 is 0. The van der Waals surface area contributed by atoms with E-state index in [1.807, 2.05) is 25.1 Å². The minimum absolute atomic E-state index is 0.147. The first-order valence-corrected chi connectivity index (χ1v) is 9.69. The van der Waals surface area contributed by atoms with E-state index < -0.39 is 10.0 Å². The third-order valence-corrected chi connectivity index (χ3v) is 6.20. The number of aryl methyl sites for hydroxylation is 2. The second kappa shape index (κ2) is 6.52. The van der Waals surface area contributed by atoms with Gasteiger partial charge in [-0.3, -0.25) is 9.10 Å². The molecule has 25 heavy (non-hydrogen) atoms. The molecule has 0 radical (unpaired) electrons. The number of rotatable bonds is 3. The fourth-order valence-electron chi connectivity index (χ4n) is 3.12. The van der Waals surface area contributed by atoms with Crippen LogP contribution in [0.3, 0.4) is 0 Å². The highest BCUT2D eigenvalue weighted by molar-refractivity contribution is 7.92. The Morgan fingerprint density at radius 3 is 2.60 bits per heavy atom. The number of fused-ring (bicyclic) bond motifs is 1. The Morgan fingerprint density at radius 2 is 1.88 bits per heavy atom. The van der Waals surface area contributed by atoms with Gasteiger partial charge in [0.05, 0.1) is 10.6 Å². The Hall–Kier alpha value is -2.34. The zero-order chi connectivity index (χ0) is 18.2. The van der Waals surface area contributed by atoms with E-state index in [0.29, 0.717) is 12.1 Å². The Labute approximate surface area is 148 Å². The maximum Gasteiger partial charge on any atom is 0.264 e. The first-order valence-electron chi connectivity index (χ1n) is 8.24. The van der Waals surface area contributed by atoms with Gasteiger partial charge in [-0.1, -0.05) is 23.8 Å². The molecule has 0 aromatic heterocycles. The quantitative estimate of drug-likeness (QED) is 0.848. The van der Waals surface area contributed by atoms with Crippen LogP contribution in [0.5, 0.6) is 0 Å². The lowest BCUT2D eigenvalue weighted by Gasteiger charge is -2.31. The molecule has 1 aliphatic heterocycles. The summed E-state index contributed by atoms with van der Waals surface area (Å²) in [5.74, 6) is -0.216. The predicted molar refractivity (Wildman–Crippen MR) is 98.5 cm³/mol. The lowest BCUT2D eigenvalue weighted by atomic mass is 10.0. The maximum absolute atomic E-state index is 13.2. The molecule has 0 spiro atoms. The zero-order valence-electron chi connectivity index (χ0n) is 14.7. The monoisotopic (exact) mass is 358 g/mol. The third kappa shape index (κ3) is 3.26. The van der Waals surface area contributed by atoms with Gasteiger partial charge in [-0.05, 0) is 49.6 Å². The normalized spacial score (nSPS) is 14.1. The smallest absolute Gasteiger partial charge is 0.264 e. The minimum Gasteiger partial charge on any atom is -0.345 e. The number of amides is 1. The molecule has 132 valence electrons. The molecule has 0 saturated carbocycles. The second-order valence-corrected chi connectivity index (χ2v) is 8.40. The van der Waals surface area contributed by atoms with Gasteiger partial charge < -0.3 is 4.90 Å². The van der Waals surface area contributed by atoms with Crippen LogP contribution in [-0.2, 0) is 16.4 Å². The van der Waals surface area contributed by atoms with Crippen molar-refractivity contribution in [1.82, 2.24) is 4.90 Å². The van der Waals surface area contributed by atoms with Crippen molar-refractivity contribution < 1.29 is 13.2 Å². The van der Waals surface area contributed by atoms with Crippen molar-refractivity contribution in [3.8, 4) is 0 Å². The first kappa shape index (κ1) is 17.5. The number of carbonyl (C=O) groups is 1. The van der Waals surface area contributed by atoms with E-state index in [1.54, 1.807) is 32.3 Å². The van der Waals surface area contributed by atoms with Crippen LogP contribution in [0.4, 0.5) is 5.69 Å². The van der Waals surface area contributed by atoms with Crippen LogP contribution in [-0.4, -0.2) is 39.9 Å². The summed E-state index contributed by atoms with van der Waals surface area (Å²) in [6, 6.07) is 12.1. The van der Waals surface area contributed by atoms with Crippen molar-refractivity contribution in [1.29, 1.82) is 0 Å². The Bertz CT molecular complexity index is 920. The lowest BCUT2D eigenvalue weighted by Crippen LogP contribution is -2.35. The molecule has 0 saturated heterocycles. The van der Waals surface area contributed by atoms with Gasteiger partial charge in [-0.2, -0.15) is 0 Å². The Balaban J connectivity index is 2.04. The van der Waals surface area contributed by atoms with Gasteiger partial charge in [-0.15, -0.1) is 0 Å². The predicted octanol–water partition coefficient (Wildman–Crippen LogP) is 2.84. The van der Waals surface area contributed by atoms with E-state index in [0.717, 1.165) is 29.7 Å². The third-order valence-electron chi connectivity index (χ3n) is 4.39. The molecule has 0 unspecified atom stereocenters. The number of hydrogen-bond donors (Lipinski definition) is 0. The highest BCUT2D eigenvalue weighted by atomic mass is 32.2. The Kier molecular flexibility index (Phi) is 4.56. The van der Waals surface area contributed by atoms with Crippen LogP contribution >= 0.6 is 0 Å². The van der Waals surface area contributed by atoms with Crippen LogP contribution in [0.25, 0.3) is 0 Å². The number of nitrogens with zero attached hydrogens (tertiary/aromatic N) is 2. The van der Waals surface area contributed by atoms with E-state index in [4.69, 9.17) is 0 Å².